The summed E-state index contributed by atoms with van der Waals surface area (Å²) in [6.45, 7) is 0. The zero-order valence-electron chi connectivity index (χ0n) is 1.86. The molecule has 0 aromatic carbocycles. The van der Waals surface area contributed by atoms with Gasteiger partial charge in [-0.15, -0.1) is 0 Å². The Morgan fingerprint density at radius 1 is 1.25 bits per heavy atom. The van der Waals surface area contributed by atoms with E-state index in [1.165, 1.54) is 0 Å². The second-order valence-corrected chi connectivity index (χ2v) is 0. The van der Waals surface area contributed by atoms with Crippen molar-refractivity contribution in [3.8, 4) is 0 Å². The third-order valence-electron chi connectivity index (χ3n) is 0. The molecular weight excluding hydrogens is 471 g/mol. The molecule has 0 rings (SSSR count). The summed E-state index contributed by atoms with van der Waals surface area (Å²) in [6, 6.07) is 0. The van der Waals surface area contributed by atoms with Crippen molar-refractivity contribution >= 4 is 5.89 Å². The van der Waals surface area contributed by atoms with Gasteiger partial charge in [0, 0.05) is 82.1 Å². The van der Waals surface area contributed by atoms with Crippen LogP contribution in [0.2, 0.25) is 0 Å². The Kier molecular flexibility index (Phi) is 61.7. The van der Waals surface area contributed by atoms with Gasteiger partial charge in [0.2, 0.25) is 0 Å². The molecule has 0 amide bonds. The van der Waals surface area contributed by atoms with Crippen LogP contribution in [0.1, 0.15) is 0 Å². The summed E-state index contributed by atoms with van der Waals surface area (Å²) in [6.07, 6.45) is 0. The summed E-state index contributed by atoms with van der Waals surface area (Å²) in [4.78, 5) is 0. The van der Waals surface area contributed by atoms with E-state index in [9.17, 15) is 0 Å². The first-order valence-electron chi connectivity index (χ1n) is 0.154. The van der Waals surface area contributed by atoms with Crippen LogP contribution in [0.3, 0.4) is 0 Å². The molecule has 0 bridgehead atoms. The van der Waals surface area contributed by atoms with Gasteiger partial charge in [0.1, 0.15) is 0 Å². The van der Waals surface area contributed by atoms with Crippen LogP contribution in [0, 0.1) is 119 Å². The first-order valence-corrected chi connectivity index (χ1v) is 3.43. The van der Waals surface area contributed by atoms with E-state index in [0.29, 0.717) is 0 Å². The fraction of sp³-hybridized carbons (Fsp3) is 0. The van der Waals surface area contributed by atoms with Crippen LogP contribution in [0.15, 0.2) is 0 Å². The molecule has 0 fully saturated rings. The second kappa shape index (κ2) is 15.7. The number of rotatable bonds is 0. The molecule has 4 heteroatoms. The van der Waals surface area contributed by atoms with E-state index in [0.717, 1.165) is 36.8 Å². The molecule has 0 aliphatic heterocycles. The molecule has 0 N–H and O–H groups in total. The second-order valence-electron chi connectivity index (χ2n) is 0. The molecule has 0 aliphatic rings. The van der Waals surface area contributed by atoms with Crippen molar-refractivity contribution in [1.82, 2.24) is 0 Å². The first kappa shape index (κ1) is 15.8. The Labute approximate surface area is 120 Å². The van der Waals surface area contributed by atoms with E-state index in [-0.39, 0.29) is 82.1 Å². The van der Waals surface area contributed by atoms with Gasteiger partial charge in [-0.05, 0) is 0 Å². The average Bonchev–Trinajstić information content (AvgIpc) is 1.00. The third kappa shape index (κ3) is 9.60. The number of hydrogen-bond acceptors (Lipinski definition) is 0. The summed E-state index contributed by atoms with van der Waals surface area (Å²) in [7, 11) is 0. The Morgan fingerprint density at radius 3 is 1.25 bits per heavy atom. The van der Waals surface area contributed by atoms with Crippen LogP contribution in [0.5, 0.6) is 0 Å². The standard InChI is InChI=1S/ClH.Nd.Pr.Sm/h1H;;;/q;;;+1/p-1. The van der Waals surface area contributed by atoms with Crippen LogP contribution in [0.4, 0.5) is 0 Å². The Balaban J connectivity index is -0.00000000500. The molecule has 0 spiro atoms. The third-order valence-corrected chi connectivity index (χ3v) is 0. The SMILES string of the molecule is [Cl][Sm].[Nd].[Pr]. The maximum absolute atomic E-state index is 4.72. The first-order chi connectivity index (χ1) is 1.00. The van der Waals surface area contributed by atoms with Gasteiger partial charge in [-0.3, -0.25) is 0 Å². The van der Waals surface area contributed by atoms with E-state index in [1.807, 2.05) is 0 Å². The van der Waals surface area contributed by atoms with Gasteiger partial charge >= 0.3 is 42.7 Å². The molecule has 0 aliphatic carbocycles. The fourth-order valence-corrected chi connectivity index (χ4v) is 0. The van der Waals surface area contributed by atoms with E-state index >= 15 is 0 Å². The van der Waals surface area contributed by atoms with Crippen LogP contribution in [0.25, 0.3) is 0 Å². The van der Waals surface area contributed by atoms with Crippen molar-refractivity contribution in [3.63, 3.8) is 0 Å². The van der Waals surface area contributed by atoms with Gasteiger partial charge < -0.3 is 0 Å². The molecule has 1 radical (unpaired) electrons. The Hall–Kier alpha value is 4.34. The summed E-state index contributed by atoms with van der Waals surface area (Å²) in [5.41, 5.74) is 0. The smallest absolute Gasteiger partial charge is 0 e. The van der Waals surface area contributed by atoms with Crippen molar-refractivity contribution in [3.05, 3.63) is 0 Å². The van der Waals surface area contributed by atoms with Crippen molar-refractivity contribution in [1.29, 1.82) is 0 Å². The zero-order valence-corrected chi connectivity index (χ0v) is 12.2. The maximum atomic E-state index is 4.72. The van der Waals surface area contributed by atoms with E-state index in [1.54, 1.807) is 0 Å². The Morgan fingerprint density at radius 2 is 1.25 bits per heavy atom. The van der Waals surface area contributed by atoms with Crippen LogP contribution in [-0.2, 0) is 0 Å². The molecule has 0 nitrogen and oxygen atoms in total. The van der Waals surface area contributed by atoms with Gasteiger partial charge in [-0.25, -0.2) is 0 Å². The van der Waals surface area contributed by atoms with Gasteiger partial charge in [0.15, 0.2) is 0 Å². The van der Waals surface area contributed by atoms with E-state index in [2.05, 4.69) is 0 Å². The monoisotopic (exact) mass is 470 g/mol. The summed E-state index contributed by atoms with van der Waals surface area (Å²) >= 11 is 1.06. The minimum absolute atomic E-state index is 0. The normalized spacial score (nSPS) is 1.25. The molecule has 0 saturated heterocycles. The molecule has 0 atom stereocenters. The van der Waals surface area contributed by atoms with Gasteiger partial charge in [-0.2, -0.15) is 0 Å². The predicted octanol–water partition coefficient (Wildman–Crippen LogP) is 0.690. The van der Waals surface area contributed by atoms with Crippen molar-refractivity contribution in [2.24, 2.45) is 0 Å². The minimum atomic E-state index is 0. The van der Waals surface area contributed by atoms with E-state index < -0.39 is 0 Å². The van der Waals surface area contributed by atoms with E-state index in [4.69, 9.17) is 5.89 Å². The zero-order chi connectivity index (χ0) is 2.00. The molecule has 20 valence electrons. The molecule has 4 heavy (non-hydrogen) atoms. The summed E-state index contributed by atoms with van der Waals surface area (Å²) in [5, 5.41) is 0. The van der Waals surface area contributed by atoms with Crippen molar-refractivity contribution < 1.29 is 119 Å². The minimum Gasteiger partial charge on any atom is 0 e. The fourth-order valence-electron chi connectivity index (χ4n) is 0. The summed E-state index contributed by atoms with van der Waals surface area (Å²) in [5.74, 6) is 4.72. The molecular formula is ClNdPrSm. The van der Waals surface area contributed by atoms with Gasteiger partial charge in [-0.1, -0.05) is 0 Å². The summed E-state index contributed by atoms with van der Waals surface area (Å²) < 4.78 is 0. The molecule has 0 heterocycles. The average molecular weight is 471 g/mol. The molecule has 0 saturated carbocycles. The molecule has 0 aromatic rings. The number of hydrogen-bond donors (Lipinski definition) is 0. The molecule has 0 unspecified atom stereocenters. The molecule has 0 aromatic heterocycles. The maximum Gasteiger partial charge on any atom is 0 e. The number of halogens is 1. The topological polar surface area (TPSA) is 0 Å². The van der Waals surface area contributed by atoms with Crippen LogP contribution >= 0.6 is 5.89 Å². The van der Waals surface area contributed by atoms with Gasteiger partial charge in [0.25, 0.3) is 0 Å². The van der Waals surface area contributed by atoms with Crippen molar-refractivity contribution in [2.45, 2.75) is 0 Å². The Bertz CT molecular complexity index is 8.00. The quantitative estimate of drug-likeness (QED) is 0.489. The van der Waals surface area contributed by atoms with Crippen molar-refractivity contribution in [2.75, 3.05) is 0 Å². The van der Waals surface area contributed by atoms with Crippen LogP contribution < -0.4 is 0 Å². The van der Waals surface area contributed by atoms with Crippen LogP contribution in [-0.4, -0.2) is 0 Å². The largest absolute Gasteiger partial charge is 0 e. The van der Waals surface area contributed by atoms with Gasteiger partial charge in [0.05, 0.1) is 0 Å². The predicted molar refractivity (Wildman–Crippen MR) is 5.85 cm³/mol.